The molecule has 200 valence electrons. The second kappa shape index (κ2) is 9.86. The van der Waals surface area contributed by atoms with Gasteiger partial charge in [0.15, 0.2) is 29.7 Å². The molecule has 0 radical (unpaired) electrons. The molecule has 1 aliphatic carbocycles. The maximum Gasteiger partial charge on any atom is 0.401 e. The van der Waals surface area contributed by atoms with Crippen molar-refractivity contribution in [2.45, 2.75) is 30.9 Å². The predicted octanol–water partition coefficient (Wildman–Crippen LogP) is 5.11. The number of nitriles is 1. The van der Waals surface area contributed by atoms with Gasteiger partial charge in [-0.25, -0.2) is 9.37 Å². The molecule has 2 heterocycles. The van der Waals surface area contributed by atoms with E-state index < -0.39 is 23.3 Å². The fourth-order valence-electron chi connectivity index (χ4n) is 4.11. The highest BCUT2D eigenvalue weighted by atomic mass is 19.4. The van der Waals surface area contributed by atoms with Gasteiger partial charge in [0, 0.05) is 23.8 Å². The molecule has 0 saturated heterocycles. The molecule has 1 fully saturated rings. The van der Waals surface area contributed by atoms with Crippen molar-refractivity contribution in [1.82, 2.24) is 15.1 Å². The second-order valence-electron chi connectivity index (χ2n) is 8.88. The van der Waals surface area contributed by atoms with Crippen LogP contribution in [0.15, 0.2) is 47.1 Å². The fourth-order valence-corrected chi connectivity index (χ4v) is 4.11. The summed E-state index contributed by atoms with van der Waals surface area (Å²) in [7, 11) is 1.44. The van der Waals surface area contributed by atoms with E-state index in [2.05, 4.69) is 20.4 Å². The van der Waals surface area contributed by atoms with Crippen LogP contribution in [0.4, 0.5) is 23.4 Å². The van der Waals surface area contributed by atoms with Crippen LogP contribution >= 0.6 is 0 Å². The molecule has 5 rings (SSSR count). The number of nitrogens with one attached hydrogen (secondary N) is 1. The van der Waals surface area contributed by atoms with E-state index >= 15 is 0 Å². The van der Waals surface area contributed by atoms with Gasteiger partial charge in [0.1, 0.15) is 17.3 Å². The Morgan fingerprint density at radius 3 is 2.62 bits per heavy atom. The number of anilines is 1. The van der Waals surface area contributed by atoms with Gasteiger partial charge in [-0.05, 0) is 24.5 Å². The molecule has 2 aromatic heterocycles. The summed E-state index contributed by atoms with van der Waals surface area (Å²) in [5.74, 6) is -1.22. The van der Waals surface area contributed by atoms with Gasteiger partial charge in [-0.1, -0.05) is 17.3 Å². The lowest BCUT2D eigenvalue weighted by molar-refractivity contribution is -0.165. The second-order valence-corrected chi connectivity index (χ2v) is 8.88. The predicted molar refractivity (Wildman–Crippen MR) is 128 cm³/mol. The molecule has 0 spiro atoms. The minimum Gasteiger partial charge on any atom is -0.493 e. The number of hydrogen-bond acceptors (Lipinski definition) is 8. The van der Waals surface area contributed by atoms with Crippen LogP contribution in [-0.2, 0) is 16.6 Å². The average Bonchev–Trinajstić information content (AvgIpc) is 3.61. The topological polar surface area (TPSA) is 123 Å². The zero-order valence-corrected chi connectivity index (χ0v) is 20.3. The summed E-state index contributed by atoms with van der Waals surface area (Å²) in [5, 5.41) is 14.6. The van der Waals surface area contributed by atoms with E-state index in [0.717, 1.165) is 6.07 Å². The number of fused-ring (bicyclic) bond motifs is 1. The van der Waals surface area contributed by atoms with Crippen molar-refractivity contribution in [3.8, 4) is 28.8 Å². The number of halogens is 4. The number of carbonyl (C=O) groups is 1. The first-order valence-electron chi connectivity index (χ1n) is 11.6. The summed E-state index contributed by atoms with van der Waals surface area (Å²) in [6.07, 6.45) is -3.63. The zero-order valence-electron chi connectivity index (χ0n) is 20.3. The zero-order chi connectivity index (χ0) is 27.8. The molecular weight excluding hydrogens is 522 g/mol. The summed E-state index contributed by atoms with van der Waals surface area (Å²) in [6, 6.07) is 10.3. The Morgan fingerprint density at radius 1 is 1.18 bits per heavy atom. The van der Waals surface area contributed by atoms with Gasteiger partial charge < -0.3 is 19.3 Å². The van der Waals surface area contributed by atoms with E-state index in [4.69, 9.17) is 19.3 Å². The van der Waals surface area contributed by atoms with Crippen molar-refractivity contribution in [2.75, 3.05) is 19.0 Å². The normalized spacial score (nSPS) is 14.1. The van der Waals surface area contributed by atoms with E-state index in [0.29, 0.717) is 33.8 Å². The molecule has 1 saturated carbocycles. The molecule has 0 aliphatic heterocycles. The van der Waals surface area contributed by atoms with Crippen LogP contribution in [0.25, 0.3) is 22.3 Å². The third kappa shape index (κ3) is 5.05. The molecule has 13 heteroatoms. The number of hydrogen-bond donors (Lipinski definition) is 1. The number of ether oxygens (including phenoxy) is 2. The van der Waals surface area contributed by atoms with Crippen LogP contribution in [-0.4, -0.2) is 40.9 Å². The first-order chi connectivity index (χ1) is 18.6. The quantitative estimate of drug-likeness (QED) is 0.305. The Hall–Kier alpha value is -4.73. The fraction of sp³-hybridized carbons (Fsp3) is 0.269. The SMILES string of the molecule is COc1cc2nc(-c3ccc(CC(=O)Nc4cc(C5(C(F)(F)F)CC5)on4)c(F)c3)cnc2cc1OCC#N. The number of alkyl halides is 3. The van der Waals surface area contributed by atoms with Crippen LogP contribution in [0.1, 0.15) is 24.2 Å². The Bertz CT molecular complexity index is 1610. The largest absolute Gasteiger partial charge is 0.493 e. The van der Waals surface area contributed by atoms with Gasteiger partial charge in [0.2, 0.25) is 5.91 Å². The van der Waals surface area contributed by atoms with Gasteiger partial charge in [-0.15, -0.1) is 0 Å². The van der Waals surface area contributed by atoms with Crippen LogP contribution in [0.5, 0.6) is 11.5 Å². The third-order valence-electron chi connectivity index (χ3n) is 6.36. The molecule has 9 nitrogen and oxygen atoms in total. The molecular formula is C26H19F4N5O4. The van der Waals surface area contributed by atoms with Gasteiger partial charge >= 0.3 is 6.18 Å². The molecule has 1 N–H and O–H groups in total. The van der Waals surface area contributed by atoms with Crippen molar-refractivity contribution in [2.24, 2.45) is 0 Å². The number of nitrogens with zero attached hydrogens (tertiary/aromatic N) is 4. The molecule has 0 bridgehead atoms. The van der Waals surface area contributed by atoms with Crippen LogP contribution in [0, 0.1) is 17.1 Å². The number of amides is 1. The average molecular weight is 541 g/mol. The van der Waals surface area contributed by atoms with Crippen molar-refractivity contribution >= 4 is 22.8 Å². The van der Waals surface area contributed by atoms with Gasteiger partial charge in [0.05, 0.1) is 36.5 Å². The Kier molecular flexibility index (Phi) is 6.55. The molecule has 4 aromatic rings. The lowest BCUT2D eigenvalue weighted by Gasteiger charge is -2.14. The van der Waals surface area contributed by atoms with Crippen molar-refractivity contribution in [3.05, 3.63) is 59.7 Å². The molecule has 0 atom stereocenters. The summed E-state index contributed by atoms with van der Waals surface area (Å²) in [6.45, 7) is -0.171. The van der Waals surface area contributed by atoms with Crippen LogP contribution in [0.3, 0.4) is 0 Å². The van der Waals surface area contributed by atoms with Crippen LogP contribution in [0.2, 0.25) is 0 Å². The molecule has 2 aromatic carbocycles. The van der Waals surface area contributed by atoms with Crippen molar-refractivity contribution in [3.63, 3.8) is 0 Å². The van der Waals surface area contributed by atoms with Gasteiger partial charge in [0.25, 0.3) is 0 Å². The molecule has 39 heavy (non-hydrogen) atoms. The Balaban J connectivity index is 1.29. The summed E-state index contributed by atoms with van der Waals surface area (Å²) < 4.78 is 70.1. The van der Waals surface area contributed by atoms with E-state index in [1.54, 1.807) is 18.2 Å². The monoisotopic (exact) mass is 541 g/mol. The Morgan fingerprint density at radius 2 is 1.95 bits per heavy atom. The number of aromatic nitrogens is 3. The standard InChI is InChI=1S/C26H19F4N5O4/c1-37-20-11-18-17(10-21(20)38-7-6-31)32-13-19(33-18)15-3-2-14(16(27)8-15)9-24(36)34-23-12-22(39-35-23)25(4-5-25)26(28,29)30/h2-3,8,10-13H,4-5,7,9H2,1H3,(H,34,35,36). The number of methoxy groups -OCH3 is 1. The first kappa shape index (κ1) is 25.9. The van der Waals surface area contributed by atoms with Gasteiger partial charge in [-0.2, -0.15) is 18.4 Å². The number of rotatable bonds is 8. The highest BCUT2D eigenvalue weighted by Crippen LogP contribution is 2.59. The molecule has 1 amide bonds. The minimum atomic E-state index is -4.48. The smallest absolute Gasteiger partial charge is 0.401 e. The van der Waals surface area contributed by atoms with Crippen LogP contribution < -0.4 is 14.8 Å². The van der Waals surface area contributed by atoms with E-state index in [1.165, 1.54) is 25.4 Å². The molecule has 0 unspecified atom stereocenters. The van der Waals surface area contributed by atoms with E-state index in [9.17, 15) is 22.4 Å². The molecule has 1 aliphatic rings. The lowest BCUT2D eigenvalue weighted by Crippen LogP contribution is -2.28. The lowest BCUT2D eigenvalue weighted by atomic mass is 10.0. The summed E-state index contributed by atoms with van der Waals surface area (Å²) in [4.78, 5) is 21.3. The number of benzene rings is 2. The third-order valence-corrected chi connectivity index (χ3v) is 6.36. The maximum absolute atomic E-state index is 14.9. The summed E-state index contributed by atoms with van der Waals surface area (Å²) >= 11 is 0. The van der Waals surface area contributed by atoms with E-state index in [-0.39, 0.29) is 43.0 Å². The highest BCUT2D eigenvalue weighted by Gasteiger charge is 2.66. The van der Waals surface area contributed by atoms with E-state index in [1.807, 2.05) is 6.07 Å². The minimum absolute atomic E-state index is 0.0589. The number of carbonyl (C=O) groups excluding carboxylic acids is 1. The van der Waals surface area contributed by atoms with Crippen molar-refractivity contribution < 1.29 is 36.4 Å². The van der Waals surface area contributed by atoms with Crippen molar-refractivity contribution in [1.29, 1.82) is 5.26 Å². The first-order valence-corrected chi connectivity index (χ1v) is 11.6. The van der Waals surface area contributed by atoms with Gasteiger partial charge in [-0.3, -0.25) is 9.78 Å². The Labute approximate surface area is 218 Å². The summed E-state index contributed by atoms with van der Waals surface area (Å²) in [5.41, 5.74) is -0.321. The highest BCUT2D eigenvalue weighted by molar-refractivity contribution is 5.91. The maximum atomic E-state index is 14.9.